The summed E-state index contributed by atoms with van der Waals surface area (Å²) in [7, 11) is 0. The molecule has 0 spiro atoms. The van der Waals surface area contributed by atoms with Crippen LogP contribution in [-0.4, -0.2) is 72.8 Å². The topological polar surface area (TPSA) is 70.6 Å². The first-order valence-corrected chi connectivity index (χ1v) is 11.6. The van der Waals surface area contributed by atoms with Gasteiger partial charge in [-0.3, -0.25) is 9.69 Å². The SMILES string of the molecule is Cc1cc(N2CC[C@@H]3C[C@@H](N4CCOCC4)CC[C@@]3(C(=O)NCC(C)C)C2)ncn1. The average molecular weight is 416 g/mol. The second-order valence-corrected chi connectivity index (χ2v) is 9.76. The molecule has 0 aromatic carbocycles. The Balaban J connectivity index is 1.54. The van der Waals surface area contributed by atoms with Gasteiger partial charge < -0.3 is 15.0 Å². The van der Waals surface area contributed by atoms with Gasteiger partial charge in [0.2, 0.25) is 5.91 Å². The lowest BCUT2D eigenvalue weighted by atomic mass is 9.61. The normalized spacial score (nSPS) is 30.2. The van der Waals surface area contributed by atoms with E-state index in [-0.39, 0.29) is 11.3 Å². The summed E-state index contributed by atoms with van der Waals surface area (Å²) in [6.45, 7) is 12.5. The highest BCUT2D eigenvalue weighted by Gasteiger charge is 2.52. The maximum Gasteiger partial charge on any atom is 0.228 e. The van der Waals surface area contributed by atoms with E-state index in [9.17, 15) is 4.79 Å². The molecule has 1 saturated carbocycles. The van der Waals surface area contributed by atoms with Crippen molar-refractivity contribution in [2.75, 3.05) is 50.8 Å². The molecule has 1 amide bonds. The van der Waals surface area contributed by atoms with Gasteiger partial charge in [-0.2, -0.15) is 0 Å². The van der Waals surface area contributed by atoms with Gasteiger partial charge in [0, 0.05) is 50.5 Å². The number of hydrogen-bond donors (Lipinski definition) is 1. The minimum absolute atomic E-state index is 0.247. The molecule has 166 valence electrons. The number of ether oxygens (including phenoxy) is 1. The molecular formula is C23H37N5O2. The standard InChI is InChI=1S/C23H37N5O2/c1-17(2)14-24-22(29)23-6-4-20(27-8-10-30-11-9-27)13-19(23)5-7-28(15-23)21-12-18(3)25-16-26-21/h12,16-17,19-20H,4-11,13-15H2,1-3H3,(H,24,29)/t19-,20+,23-/m1/s1. The van der Waals surface area contributed by atoms with Gasteiger partial charge in [-0.15, -0.1) is 0 Å². The van der Waals surface area contributed by atoms with Crippen LogP contribution in [0.4, 0.5) is 5.82 Å². The Morgan fingerprint density at radius 3 is 2.80 bits per heavy atom. The number of aryl methyl sites for hydroxylation is 1. The second kappa shape index (κ2) is 9.18. The zero-order valence-electron chi connectivity index (χ0n) is 18.8. The van der Waals surface area contributed by atoms with Crippen LogP contribution >= 0.6 is 0 Å². The number of morpholine rings is 1. The molecule has 1 aromatic heterocycles. The molecule has 4 rings (SSSR count). The zero-order valence-corrected chi connectivity index (χ0v) is 18.8. The van der Waals surface area contributed by atoms with Gasteiger partial charge in [0.05, 0.1) is 18.6 Å². The number of carbonyl (C=O) groups excluding carboxylic acids is 1. The highest BCUT2D eigenvalue weighted by Crippen LogP contribution is 2.48. The van der Waals surface area contributed by atoms with Crippen molar-refractivity contribution in [3.05, 3.63) is 18.1 Å². The monoisotopic (exact) mass is 415 g/mol. The Kier molecular flexibility index (Phi) is 6.58. The summed E-state index contributed by atoms with van der Waals surface area (Å²) in [5.74, 6) is 2.08. The molecule has 3 atom stereocenters. The number of carbonyl (C=O) groups is 1. The first-order chi connectivity index (χ1) is 14.5. The molecule has 1 N–H and O–H groups in total. The number of rotatable bonds is 5. The van der Waals surface area contributed by atoms with Gasteiger partial charge in [-0.05, 0) is 44.4 Å². The van der Waals surface area contributed by atoms with E-state index in [1.165, 1.54) is 0 Å². The fourth-order valence-corrected chi connectivity index (χ4v) is 5.56. The van der Waals surface area contributed by atoms with Gasteiger partial charge >= 0.3 is 0 Å². The molecule has 7 heteroatoms. The summed E-state index contributed by atoms with van der Waals surface area (Å²) in [5, 5.41) is 3.29. The molecule has 0 unspecified atom stereocenters. The van der Waals surface area contributed by atoms with Crippen molar-refractivity contribution in [1.29, 1.82) is 0 Å². The maximum absolute atomic E-state index is 13.6. The van der Waals surface area contributed by atoms with Crippen molar-refractivity contribution in [2.45, 2.75) is 52.5 Å². The van der Waals surface area contributed by atoms with E-state index in [1.807, 2.05) is 13.0 Å². The molecule has 7 nitrogen and oxygen atoms in total. The average Bonchev–Trinajstić information content (AvgIpc) is 2.77. The predicted octanol–water partition coefficient (Wildman–Crippen LogP) is 2.25. The highest BCUT2D eigenvalue weighted by molar-refractivity contribution is 5.84. The summed E-state index contributed by atoms with van der Waals surface area (Å²) < 4.78 is 5.56. The van der Waals surface area contributed by atoms with E-state index in [4.69, 9.17) is 4.74 Å². The summed E-state index contributed by atoms with van der Waals surface area (Å²) in [6.07, 6.45) is 5.83. The number of fused-ring (bicyclic) bond motifs is 1. The lowest BCUT2D eigenvalue weighted by Crippen LogP contribution is -2.61. The van der Waals surface area contributed by atoms with Crippen molar-refractivity contribution in [1.82, 2.24) is 20.2 Å². The van der Waals surface area contributed by atoms with Gasteiger partial charge in [0.15, 0.2) is 0 Å². The molecule has 1 aliphatic carbocycles. The Morgan fingerprint density at radius 1 is 1.27 bits per heavy atom. The van der Waals surface area contributed by atoms with Crippen LogP contribution in [0.15, 0.2) is 12.4 Å². The number of nitrogens with one attached hydrogen (secondary N) is 1. The van der Waals surface area contributed by atoms with Crippen molar-refractivity contribution in [2.24, 2.45) is 17.3 Å². The lowest BCUT2D eigenvalue weighted by molar-refractivity contribution is -0.139. The van der Waals surface area contributed by atoms with E-state index in [2.05, 4.69) is 38.9 Å². The number of nitrogens with zero attached hydrogens (tertiary/aromatic N) is 4. The fourth-order valence-electron chi connectivity index (χ4n) is 5.56. The van der Waals surface area contributed by atoms with Gasteiger partial charge in [-0.1, -0.05) is 13.8 Å². The third kappa shape index (κ3) is 4.47. The minimum atomic E-state index is -0.325. The van der Waals surface area contributed by atoms with E-state index in [0.717, 1.165) is 83.1 Å². The molecule has 2 saturated heterocycles. The summed E-state index contributed by atoms with van der Waals surface area (Å²) in [4.78, 5) is 27.3. The molecule has 3 heterocycles. The molecule has 1 aromatic rings. The van der Waals surface area contributed by atoms with Crippen molar-refractivity contribution in [3.8, 4) is 0 Å². The van der Waals surface area contributed by atoms with Gasteiger partial charge in [0.25, 0.3) is 0 Å². The van der Waals surface area contributed by atoms with Crippen molar-refractivity contribution >= 4 is 11.7 Å². The molecule has 3 aliphatic rings. The molecule has 2 aliphatic heterocycles. The Morgan fingerprint density at radius 2 is 2.07 bits per heavy atom. The van der Waals surface area contributed by atoms with Crippen molar-refractivity contribution < 1.29 is 9.53 Å². The number of hydrogen-bond acceptors (Lipinski definition) is 6. The molecule has 3 fully saturated rings. The Labute approximate surface area is 180 Å². The molecule has 30 heavy (non-hydrogen) atoms. The Hall–Kier alpha value is -1.73. The van der Waals surface area contributed by atoms with Crippen molar-refractivity contribution in [3.63, 3.8) is 0 Å². The number of aromatic nitrogens is 2. The minimum Gasteiger partial charge on any atom is -0.379 e. The van der Waals surface area contributed by atoms with Crippen LogP contribution in [0, 0.1) is 24.2 Å². The summed E-state index contributed by atoms with van der Waals surface area (Å²) in [6, 6.07) is 2.62. The first-order valence-electron chi connectivity index (χ1n) is 11.6. The van der Waals surface area contributed by atoms with Crippen LogP contribution in [0.3, 0.4) is 0 Å². The van der Waals surface area contributed by atoms with E-state index >= 15 is 0 Å². The fraction of sp³-hybridized carbons (Fsp3) is 0.783. The first kappa shape index (κ1) is 21.5. The highest BCUT2D eigenvalue weighted by atomic mass is 16.5. The van der Waals surface area contributed by atoms with Crippen LogP contribution in [0.25, 0.3) is 0 Å². The molecule has 0 bridgehead atoms. The van der Waals surface area contributed by atoms with E-state index in [1.54, 1.807) is 6.33 Å². The third-order valence-electron chi connectivity index (χ3n) is 7.28. The van der Waals surface area contributed by atoms with Crippen LogP contribution in [0.2, 0.25) is 0 Å². The molecular weight excluding hydrogens is 378 g/mol. The quantitative estimate of drug-likeness (QED) is 0.795. The summed E-state index contributed by atoms with van der Waals surface area (Å²) in [5.41, 5.74) is 0.644. The van der Waals surface area contributed by atoms with Gasteiger partial charge in [-0.25, -0.2) is 9.97 Å². The van der Waals surface area contributed by atoms with Gasteiger partial charge in [0.1, 0.15) is 12.1 Å². The predicted molar refractivity (Wildman–Crippen MR) is 117 cm³/mol. The number of piperidine rings is 1. The molecule has 0 radical (unpaired) electrons. The maximum atomic E-state index is 13.6. The van der Waals surface area contributed by atoms with Crippen LogP contribution < -0.4 is 10.2 Å². The summed E-state index contributed by atoms with van der Waals surface area (Å²) >= 11 is 0. The Bertz CT molecular complexity index is 736. The van der Waals surface area contributed by atoms with Crippen LogP contribution in [0.5, 0.6) is 0 Å². The lowest BCUT2D eigenvalue weighted by Gasteiger charge is -2.53. The van der Waals surface area contributed by atoms with Crippen LogP contribution in [0.1, 0.15) is 45.2 Å². The van der Waals surface area contributed by atoms with E-state index in [0.29, 0.717) is 17.9 Å². The third-order valence-corrected chi connectivity index (χ3v) is 7.28. The van der Waals surface area contributed by atoms with E-state index < -0.39 is 0 Å². The largest absolute Gasteiger partial charge is 0.379 e. The zero-order chi connectivity index (χ0) is 21.1. The number of anilines is 1. The van der Waals surface area contributed by atoms with Crippen LogP contribution in [-0.2, 0) is 9.53 Å². The second-order valence-electron chi connectivity index (χ2n) is 9.76. The smallest absolute Gasteiger partial charge is 0.228 e. The number of amides is 1.